The number of aromatic nitrogens is 2. The second kappa shape index (κ2) is 6.38. The topological polar surface area (TPSA) is 60.2 Å². The lowest BCUT2D eigenvalue weighted by molar-refractivity contribution is -0.0306. The molecular formula is C12H19N3O2. The van der Waals surface area contributed by atoms with Crippen LogP contribution in [0.15, 0.2) is 4.52 Å². The Labute approximate surface area is 102 Å². The minimum absolute atomic E-state index is 0.451. The normalized spacial score (nSPS) is 11.4. The van der Waals surface area contributed by atoms with Gasteiger partial charge in [-0.05, 0) is 12.8 Å². The zero-order valence-electron chi connectivity index (χ0n) is 10.6. The molecule has 1 N–H and O–H groups in total. The average molecular weight is 237 g/mol. The molecule has 1 rings (SSSR count). The van der Waals surface area contributed by atoms with E-state index in [2.05, 4.69) is 21.4 Å². The van der Waals surface area contributed by atoms with E-state index in [1.165, 1.54) is 0 Å². The molecule has 0 aliphatic carbocycles. The Bertz CT molecular complexity index is 369. The minimum Gasteiger partial charge on any atom is -0.370 e. The van der Waals surface area contributed by atoms with Gasteiger partial charge in [0.05, 0.1) is 13.1 Å². The largest absolute Gasteiger partial charge is 0.370 e. The Kier molecular flexibility index (Phi) is 5.13. The first kappa shape index (κ1) is 13.7. The number of methoxy groups -OCH3 is 1. The summed E-state index contributed by atoms with van der Waals surface area (Å²) in [7, 11) is 1.67. The zero-order chi connectivity index (χ0) is 12.7. The van der Waals surface area contributed by atoms with Crippen LogP contribution in [0.5, 0.6) is 0 Å². The van der Waals surface area contributed by atoms with Crippen molar-refractivity contribution in [2.24, 2.45) is 0 Å². The second-order valence-electron chi connectivity index (χ2n) is 3.72. The quantitative estimate of drug-likeness (QED) is 0.574. The van der Waals surface area contributed by atoms with Gasteiger partial charge in [0, 0.05) is 7.11 Å². The summed E-state index contributed by atoms with van der Waals surface area (Å²) >= 11 is 0. The molecule has 1 aromatic heterocycles. The van der Waals surface area contributed by atoms with Gasteiger partial charge in [-0.1, -0.05) is 24.9 Å². The highest BCUT2D eigenvalue weighted by Crippen LogP contribution is 2.29. The van der Waals surface area contributed by atoms with Gasteiger partial charge in [-0.25, -0.2) is 0 Å². The van der Waals surface area contributed by atoms with Gasteiger partial charge in [0.2, 0.25) is 11.7 Å². The summed E-state index contributed by atoms with van der Waals surface area (Å²) in [4.78, 5) is 4.33. The molecule has 0 unspecified atom stereocenters. The summed E-state index contributed by atoms with van der Waals surface area (Å²) in [6.07, 6.45) is 6.74. The summed E-state index contributed by atoms with van der Waals surface area (Å²) in [6.45, 7) is 5.04. The second-order valence-corrected chi connectivity index (χ2v) is 3.72. The van der Waals surface area contributed by atoms with Crippen LogP contribution in [-0.4, -0.2) is 23.8 Å². The molecule has 1 aromatic rings. The number of terminal acetylenes is 1. The fourth-order valence-corrected chi connectivity index (χ4v) is 1.70. The number of nitrogens with zero attached hydrogens (tertiary/aromatic N) is 2. The van der Waals surface area contributed by atoms with Crippen molar-refractivity contribution in [1.82, 2.24) is 15.5 Å². The molecule has 0 aliphatic heterocycles. The highest BCUT2D eigenvalue weighted by atomic mass is 16.5. The Morgan fingerprint density at radius 1 is 1.47 bits per heavy atom. The maximum atomic E-state index is 5.52. The van der Waals surface area contributed by atoms with Crippen LogP contribution < -0.4 is 5.32 Å². The van der Waals surface area contributed by atoms with E-state index < -0.39 is 5.60 Å². The van der Waals surface area contributed by atoms with E-state index in [1.807, 2.05) is 13.8 Å². The van der Waals surface area contributed by atoms with Crippen molar-refractivity contribution in [2.45, 2.75) is 38.8 Å². The lowest BCUT2D eigenvalue weighted by Gasteiger charge is -2.25. The maximum absolute atomic E-state index is 5.52. The van der Waals surface area contributed by atoms with Crippen molar-refractivity contribution in [3.05, 3.63) is 11.7 Å². The summed E-state index contributed by atoms with van der Waals surface area (Å²) in [5.41, 5.74) is -0.451. The Morgan fingerprint density at radius 2 is 2.18 bits per heavy atom. The van der Waals surface area contributed by atoms with Crippen molar-refractivity contribution in [3.8, 4) is 12.3 Å². The predicted octanol–water partition coefficient (Wildman–Crippen LogP) is 1.45. The first-order valence-corrected chi connectivity index (χ1v) is 5.74. The van der Waals surface area contributed by atoms with Crippen molar-refractivity contribution < 1.29 is 9.26 Å². The summed E-state index contributed by atoms with van der Waals surface area (Å²) < 4.78 is 10.7. The molecule has 0 fully saturated rings. The molecule has 0 saturated carbocycles. The van der Waals surface area contributed by atoms with Crippen molar-refractivity contribution in [2.75, 3.05) is 13.7 Å². The molecule has 0 bridgehead atoms. The Morgan fingerprint density at radius 3 is 2.71 bits per heavy atom. The molecular weight excluding hydrogens is 218 g/mol. The third kappa shape index (κ3) is 3.05. The minimum atomic E-state index is -0.451. The number of nitrogens with one attached hydrogen (secondary N) is 1. The van der Waals surface area contributed by atoms with Crippen molar-refractivity contribution in [1.29, 1.82) is 0 Å². The van der Waals surface area contributed by atoms with Gasteiger partial charge < -0.3 is 9.26 Å². The summed E-state index contributed by atoms with van der Waals surface area (Å²) in [6, 6.07) is 0. The van der Waals surface area contributed by atoms with Crippen LogP contribution in [0.25, 0.3) is 0 Å². The van der Waals surface area contributed by atoms with E-state index in [0.717, 1.165) is 12.8 Å². The van der Waals surface area contributed by atoms with Crippen LogP contribution in [0.2, 0.25) is 0 Å². The molecule has 0 spiro atoms. The predicted molar refractivity (Wildman–Crippen MR) is 64.1 cm³/mol. The van der Waals surface area contributed by atoms with Crippen LogP contribution in [0.1, 0.15) is 38.4 Å². The van der Waals surface area contributed by atoms with Crippen molar-refractivity contribution in [3.63, 3.8) is 0 Å². The summed E-state index contributed by atoms with van der Waals surface area (Å²) in [5.74, 6) is 3.61. The van der Waals surface area contributed by atoms with E-state index in [4.69, 9.17) is 15.7 Å². The lowest BCUT2D eigenvalue weighted by atomic mass is 9.96. The number of hydrogen-bond acceptors (Lipinski definition) is 5. The Hall–Kier alpha value is -1.38. The lowest BCUT2D eigenvalue weighted by Crippen LogP contribution is -2.28. The molecule has 5 heteroatoms. The van der Waals surface area contributed by atoms with Gasteiger partial charge in [0.1, 0.15) is 5.60 Å². The first-order chi connectivity index (χ1) is 8.22. The highest BCUT2D eigenvalue weighted by Gasteiger charge is 2.33. The monoisotopic (exact) mass is 237 g/mol. The number of rotatable bonds is 7. The van der Waals surface area contributed by atoms with Gasteiger partial charge >= 0.3 is 0 Å². The van der Waals surface area contributed by atoms with Gasteiger partial charge in [0.25, 0.3) is 0 Å². The molecule has 0 aliphatic rings. The smallest absolute Gasteiger partial charge is 0.240 e. The molecule has 0 aromatic carbocycles. The summed E-state index contributed by atoms with van der Waals surface area (Å²) in [5, 5.41) is 6.97. The zero-order valence-corrected chi connectivity index (χ0v) is 10.6. The fraction of sp³-hybridized carbons (Fsp3) is 0.667. The van der Waals surface area contributed by atoms with Crippen LogP contribution in [0, 0.1) is 12.3 Å². The molecule has 0 radical (unpaired) electrons. The van der Waals surface area contributed by atoms with E-state index in [9.17, 15) is 0 Å². The highest BCUT2D eigenvalue weighted by molar-refractivity contribution is 5.01. The third-order valence-corrected chi connectivity index (χ3v) is 2.91. The van der Waals surface area contributed by atoms with Gasteiger partial charge in [-0.2, -0.15) is 4.98 Å². The first-order valence-electron chi connectivity index (χ1n) is 5.74. The fourth-order valence-electron chi connectivity index (χ4n) is 1.70. The van der Waals surface area contributed by atoms with Crippen LogP contribution in [-0.2, 0) is 16.9 Å². The maximum Gasteiger partial charge on any atom is 0.240 e. The third-order valence-electron chi connectivity index (χ3n) is 2.91. The van der Waals surface area contributed by atoms with E-state index in [1.54, 1.807) is 7.11 Å². The van der Waals surface area contributed by atoms with E-state index in [-0.39, 0.29) is 0 Å². The van der Waals surface area contributed by atoms with E-state index >= 15 is 0 Å². The number of ether oxygens (including phenoxy) is 1. The molecule has 0 amide bonds. The molecule has 0 atom stereocenters. The van der Waals surface area contributed by atoms with Crippen LogP contribution >= 0.6 is 0 Å². The molecule has 94 valence electrons. The molecule has 0 saturated heterocycles. The number of hydrogen-bond donors (Lipinski definition) is 1. The van der Waals surface area contributed by atoms with Gasteiger partial charge in [-0.3, -0.25) is 5.32 Å². The van der Waals surface area contributed by atoms with Crippen LogP contribution in [0.3, 0.4) is 0 Å². The van der Waals surface area contributed by atoms with Crippen LogP contribution in [0.4, 0.5) is 0 Å². The molecule has 5 nitrogen and oxygen atoms in total. The van der Waals surface area contributed by atoms with Crippen molar-refractivity contribution >= 4 is 0 Å². The van der Waals surface area contributed by atoms with E-state index in [0.29, 0.717) is 24.8 Å². The standard InChI is InChI=1S/C12H19N3O2/c1-5-8-13-9-10-14-11(15-17-10)12(6-2,7-3)16-4/h1,13H,6-9H2,2-4H3. The van der Waals surface area contributed by atoms with Gasteiger partial charge in [-0.15, -0.1) is 6.42 Å². The SMILES string of the molecule is C#CCNCc1nc(C(CC)(CC)OC)no1. The Balaban J connectivity index is 2.75. The molecule has 1 heterocycles. The van der Waals surface area contributed by atoms with Gasteiger partial charge in [0.15, 0.2) is 0 Å². The average Bonchev–Trinajstić information content (AvgIpc) is 2.82. The molecule has 17 heavy (non-hydrogen) atoms.